The van der Waals surface area contributed by atoms with E-state index in [0.29, 0.717) is 19.0 Å². The maximum Gasteiger partial charge on any atom is 0.282 e. The number of amides is 1. The molecule has 1 amide bonds. The Balaban J connectivity index is 1.93. The minimum Gasteiger partial charge on any atom is -0.351 e. The molecule has 0 radical (unpaired) electrons. The van der Waals surface area contributed by atoms with Gasteiger partial charge in [0.05, 0.1) is 6.54 Å². The number of carbonyl (C=O) groups is 1. The van der Waals surface area contributed by atoms with Gasteiger partial charge in [0.2, 0.25) is 5.91 Å². The van der Waals surface area contributed by atoms with Gasteiger partial charge in [0.25, 0.3) is 10.2 Å². The van der Waals surface area contributed by atoms with Gasteiger partial charge in [-0.15, -0.1) is 0 Å². The van der Waals surface area contributed by atoms with E-state index in [0.717, 1.165) is 18.4 Å². The third kappa shape index (κ3) is 5.49. The normalized spacial score (nSPS) is 19.1. The van der Waals surface area contributed by atoms with E-state index >= 15 is 0 Å². The maximum atomic E-state index is 12.9. The summed E-state index contributed by atoms with van der Waals surface area (Å²) in [4.78, 5) is 12.1. The Labute approximate surface area is 149 Å². The summed E-state index contributed by atoms with van der Waals surface area (Å²) in [6, 6.07) is 5.81. The predicted octanol–water partition coefficient (Wildman–Crippen LogP) is 1.74. The highest BCUT2D eigenvalue weighted by Crippen LogP contribution is 2.20. The zero-order chi connectivity index (χ0) is 18.4. The van der Waals surface area contributed by atoms with E-state index in [1.54, 1.807) is 19.1 Å². The minimum atomic E-state index is -3.63. The van der Waals surface area contributed by atoms with Crippen molar-refractivity contribution in [2.24, 2.45) is 5.92 Å². The maximum absolute atomic E-state index is 12.9. The zero-order valence-electron chi connectivity index (χ0n) is 14.7. The van der Waals surface area contributed by atoms with Crippen molar-refractivity contribution in [2.45, 2.75) is 33.2 Å². The number of piperidine rings is 1. The first-order chi connectivity index (χ1) is 11.8. The van der Waals surface area contributed by atoms with E-state index in [2.05, 4.69) is 5.32 Å². The quantitative estimate of drug-likeness (QED) is 0.794. The first-order valence-corrected chi connectivity index (χ1v) is 9.99. The van der Waals surface area contributed by atoms with Gasteiger partial charge in [-0.05, 0) is 36.5 Å². The highest BCUT2D eigenvalue weighted by atomic mass is 32.2. The number of hydrogen-bond acceptors (Lipinski definition) is 3. The van der Waals surface area contributed by atoms with Gasteiger partial charge in [-0.2, -0.15) is 17.0 Å². The molecule has 0 saturated carbocycles. The van der Waals surface area contributed by atoms with E-state index in [1.165, 1.54) is 20.7 Å². The van der Waals surface area contributed by atoms with E-state index in [-0.39, 0.29) is 31.4 Å². The fraction of sp³-hybridized carbons (Fsp3) is 0.588. The predicted molar refractivity (Wildman–Crippen MR) is 94.4 cm³/mol. The molecule has 25 heavy (non-hydrogen) atoms. The third-order valence-corrected chi connectivity index (χ3v) is 6.37. The summed E-state index contributed by atoms with van der Waals surface area (Å²) >= 11 is 0. The van der Waals surface area contributed by atoms with Crippen molar-refractivity contribution in [3.63, 3.8) is 0 Å². The molecule has 1 atom stereocenters. The molecule has 1 aromatic carbocycles. The summed E-state index contributed by atoms with van der Waals surface area (Å²) in [5, 5.41) is 2.68. The molecular formula is C17H26FN3O3S. The van der Waals surface area contributed by atoms with Gasteiger partial charge >= 0.3 is 0 Å². The molecule has 0 aliphatic carbocycles. The fourth-order valence-corrected chi connectivity index (χ4v) is 4.63. The molecule has 0 spiro atoms. The molecule has 1 aliphatic heterocycles. The minimum absolute atomic E-state index is 0.217. The Morgan fingerprint density at radius 2 is 2.04 bits per heavy atom. The SMILES string of the molecule is CCN(CC(=O)NCc1ccc(F)cc1)S(=O)(=O)N1CCCC(C)C1. The molecular weight excluding hydrogens is 345 g/mol. The Morgan fingerprint density at radius 3 is 2.64 bits per heavy atom. The first kappa shape index (κ1) is 19.8. The van der Waals surface area contributed by atoms with Gasteiger partial charge in [-0.25, -0.2) is 4.39 Å². The molecule has 1 unspecified atom stereocenters. The van der Waals surface area contributed by atoms with Crippen LogP contribution in [0, 0.1) is 11.7 Å². The van der Waals surface area contributed by atoms with Gasteiger partial charge in [0.15, 0.2) is 0 Å². The standard InChI is InChI=1S/C17H26FN3O3S/c1-3-20(25(23,24)21-10-4-5-14(2)12-21)13-17(22)19-11-15-6-8-16(18)9-7-15/h6-9,14H,3-5,10-13H2,1-2H3,(H,19,22). The Bertz CT molecular complexity index is 679. The highest BCUT2D eigenvalue weighted by molar-refractivity contribution is 7.86. The lowest BCUT2D eigenvalue weighted by Crippen LogP contribution is -2.50. The smallest absolute Gasteiger partial charge is 0.282 e. The Morgan fingerprint density at radius 1 is 1.36 bits per heavy atom. The third-order valence-electron chi connectivity index (χ3n) is 4.35. The van der Waals surface area contributed by atoms with Gasteiger partial charge in [-0.3, -0.25) is 4.79 Å². The second-order valence-electron chi connectivity index (χ2n) is 6.44. The van der Waals surface area contributed by atoms with Crippen LogP contribution < -0.4 is 5.32 Å². The average molecular weight is 371 g/mol. The highest BCUT2D eigenvalue weighted by Gasteiger charge is 2.32. The lowest BCUT2D eigenvalue weighted by atomic mass is 10.0. The molecule has 0 aromatic heterocycles. The number of likely N-dealkylation sites (N-methyl/N-ethyl adjacent to an activating group) is 1. The lowest BCUT2D eigenvalue weighted by molar-refractivity contribution is -0.121. The molecule has 1 saturated heterocycles. The number of nitrogens with zero attached hydrogens (tertiary/aromatic N) is 2. The van der Waals surface area contributed by atoms with Gasteiger partial charge in [0, 0.05) is 26.2 Å². The number of benzene rings is 1. The largest absolute Gasteiger partial charge is 0.351 e. The molecule has 1 aromatic rings. The number of halogens is 1. The van der Waals surface area contributed by atoms with Crippen molar-refractivity contribution in [2.75, 3.05) is 26.2 Å². The van der Waals surface area contributed by atoms with E-state index < -0.39 is 10.2 Å². The Hall–Kier alpha value is -1.51. The molecule has 1 fully saturated rings. The number of rotatable bonds is 7. The Kier molecular flexibility index (Phi) is 6.92. The van der Waals surface area contributed by atoms with Crippen LogP contribution in [0.1, 0.15) is 32.3 Å². The molecule has 0 bridgehead atoms. The molecule has 2 rings (SSSR count). The first-order valence-electron chi connectivity index (χ1n) is 8.59. The van der Waals surface area contributed by atoms with E-state index in [4.69, 9.17) is 0 Å². The van der Waals surface area contributed by atoms with Crippen LogP contribution in [-0.4, -0.2) is 49.1 Å². The van der Waals surface area contributed by atoms with Crippen LogP contribution >= 0.6 is 0 Å². The van der Waals surface area contributed by atoms with Crippen molar-refractivity contribution in [3.8, 4) is 0 Å². The number of carbonyl (C=O) groups excluding carboxylic acids is 1. The second-order valence-corrected chi connectivity index (χ2v) is 8.37. The van der Waals surface area contributed by atoms with Crippen molar-refractivity contribution >= 4 is 16.1 Å². The van der Waals surface area contributed by atoms with Crippen LogP contribution in [0.3, 0.4) is 0 Å². The molecule has 1 aliphatic rings. The number of nitrogens with one attached hydrogen (secondary N) is 1. The van der Waals surface area contributed by atoms with Crippen molar-refractivity contribution in [3.05, 3.63) is 35.6 Å². The summed E-state index contributed by atoms with van der Waals surface area (Å²) < 4.78 is 41.0. The molecule has 1 N–H and O–H groups in total. The molecule has 140 valence electrons. The zero-order valence-corrected chi connectivity index (χ0v) is 15.6. The van der Waals surface area contributed by atoms with Crippen LogP contribution in [0.25, 0.3) is 0 Å². The summed E-state index contributed by atoms with van der Waals surface area (Å²) in [5.41, 5.74) is 0.755. The monoisotopic (exact) mass is 371 g/mol. The van der Waals surface area contributed by atoms with Crippen LogP contribution in [0.4, 0.5) is 4.39 Å². The topological polar surface area (TPSA) is 69.7 Å². The van der Waals surface area contributed by atoms with Gasteiger partial charge in [0.1, 0.15) is 5.82 Å². The molecule has 1 heterocycles. The second kappa shape index (κ2) is 8.73. The fourth-order valence-electron chi connectivity index (χ4n) is 2.89. The van der Waals surface area contributed by atoms with Gasteiger partial charge < -0.3 is 5.32 Å². The lowest BCUT2D eigenvalue weighted by Gasteiger charge is -2.33. The summed E-state index contributed by atoms with van der Waals surface area (Å²) in [6.45, 7) is 5.00. The summed E-state index contributed by atoms with van der Waals surface area (Å²) in [7, 11) is -3.63. The van der Waals surface area contributed by atoms with Crippen LogP contribution in [0.5, 0.6) is 0 Å². The van der Waals surface area contributed by atoms with Crippen molar-refractivity contribution in [1.29, 1.82) is 0 Å². The van der Waals surface area contributed by atoms with Crippen molar-refractivity contribution < 1.29 is 17.6 Å². The average Bonchev–Trinajstić information content (AvgIpc) is 2.59. The van der Waals surface area contributed by atoms with Gasteiger partial charge in [-0.1, -0.05) is 26.0 Å². The number of hydrogen-bond donors (Lipinski definition) is 1. The van der Waals surface area contributed by atoms with Crippen molar-refractivity contribution in [1.82, 2.24) is 13.9 Å². The van der Waals surface area contributed by atoms with Crippen LogP contribution in [0.2, 0.25) is 0 Å². The van der Waals surface area contributed by atoms with E-state index in [1.807, 2.05) is 6.92 Å². The summed E-state index contributed by atoms with van der Waals surface area (Å²) in [6.07, 6.45) is 1.87. The van der Waals surface area contributed by atoms with E-state index in [9.17, 15) is 17.6 Å². The summed E-state index contributed by atoms with van der Waals surface area (Å²) in [5.74, 6) is -0.386. The molecule has 8 heteroatoms. The van der Waals surface area contributed by atoms with Crippen LogP contribution in [0.15, 0.2) is 24.3 Å². The van der Waals surface area contributed by atoms with Crippen LogP contribution in [-0.2, 0) is 21.5 Å². The molecule has 6 nitrogen and oxygen atoms in total.